The summed E-state index contributed by atoms with van der Waals surface area (Å²) in [6.45, 7) is 0.478. The summed E-state index contributed by atoms with van der Waals surface area (Å²) in [5, 5.41) is 15.6. The summed E-state index contributed by atoms with van der Waals surface area (Å²) >= 11 is 0. The zero-order chi connectivity index (χ0) is 15.1. The molecule has 1 amide bonds. The molecule has 0 saturated heterocycles. The molecule has 0 spiro atoms. The van der Waals surface area contributed by atoms with Crippen molar-refractivity contribution in [2.45, 2.75) is 13.0 Å². The maximum Gasteiger partial charge on any atom is 0.251 e. The van der Waals surface area contributed by atoms with Gasteiger partial charge >= 0.3 is 0 Å². The molecule has 0 fully saturated rings. The number of aryl methyl sites for hydroxylation is 1. The highest BCUT2D eigenvalue weighted by Gasteiger charge is 2.06. The molecular weight excluding hydrogens is 266 g/mol. The summed E-state index contributed by atoms with van der Waals surface area (Å²) in [5.74, 6) is 5.60. The monoisotopic (exact) mass is 283 g/mol. The van der Waals surface area contributed by atoms with Crippen LogP contribution in [0.2, 0.25) is 0 Å². The molecule has 5 nitrogen and oxygen atoms in total. The summed E-state index contributed by atoms with van der Waals surface area (Å²) in [6.07, 6.45) is 4.01. The third-order valence-corrected chi connectivity index (χ3v) is 2.81. The van der Waals surface area contributed by atoms with Gasteiger partial charge in [0, 0.05) is 42.9 Å². The number of rotatable bonds is 4. The number of hydrogen-bond donors (Lipinski definition) is 2. The minimum atomic E-state index is -0.148. The molecule has 1 aromatic heterocycles. The quantitative estimate of drug-likeness (QED) is 0.825. The molecule has 0 atom stereocenters. The highest BCUT2D eigenvalue weighted by atomic mass is 16.2. The van der Waals surface area contributed by atoms with Crippen LogP contribution in [0.25, 0.3) is 0 Å². The van der Waals surface area contributed by atoms with Crippen LogP contribution < -0.4 is 5.32 Å². The zero-order valence-electron chi connectivity index (χ0n) is 11.8. The largest absolute Gasteiger partial charge is 0.395 e. The maximum atomic E-state index is 12.1. The number of carbonyl (C=O) groups is 1. The molecule has 2 aromatic rings. The highest BCUT2D eigenvalue weighted by Crippen LogP contribution is 2.05. The second-order valence-electron chi connectivity index (χ2n) is 4.56. The van der Waals surface area contributed by atoms with Gasteiger partial charge in [0.2, 0.25) is 0 Å². The number of aromatic nitrogens is 2. The number of nitrogens with zero attached hydrogens (tertiary/aromatic N) is 2. The van der Waals surface area contributed by atoms with Crippen LogP contribution in [-0.4, -0.2) is 27.4 Å². The van der Waals surface area contributed by atoms with Gasteiger partial charge in [-0.25, -0.2) is 0 Å². The van der Waals surface area contributed by atoms with E-state index < -0.39 is 0 Å². The minimum absolute atomic E-state index is 0.0400. The van der Waals surface area contributed by atoms with Gasteiger partial charge in [0.05, 0.1) is 12.8 Å². The fraction of sp³-hybridized carbons (Fsp3) is 0.250. The van der Waals surface area contributed by atoms with E-state index in [1.807, 2.05) is 19.3 Å². The van der Waals surface area contributed by atoms with Gasteiger partial charge in [0.25, 0.3) is 5.91 Å². The molecular formula is C16H17N3O2. The summed E-state index contributed by atoms with van der Waals surface area (Å²) < 4.78 is 1.69. The van der Waals surface area contributed by atoms with E-state index in [0.29, 0.717) is 18.5 Å². The van der Waals surface area contributed by atoms with E-state index in [1.54, 1.807) is 29.1 Å². The molecule has 0 radical (unpaired) electrons. The van der Waals surface area contributed by atoms with Crippen molar-refractivity contribution < 1.29 is 9.90 Å². The van der Waals surface area contributed by atoms with Crippen LogP contribution in [0.3, 0.4) is 0 Å². The lowest BCUT2D eigenvalue weighted by Crippen LogP contribution is -2.22. The Kier molecular flexibility index (Phi) is 5.13. The Morgan fingerprint density at radius 3 is 3.05 bits per heavy atom. The van der Waals surface area contributed by atoms with Crippen molar-refractivity contribution in [1.29, 1.82) is 0 Å². The van der Waals surface area contributed by atoms with Crippen molar-refractivity contribution in [3.63, 3.8) is 0 Å². The highest BCUT2D eigenvalue weighted by molar-refractivity contribution is 5.94. The van der Waals surface area contributed by atoms with E-state index >= 15 is 0 Å². The van der Waals surface area contributed by atoms with Gasteiger partial charge in [-0.1, -0.05) is 17.9 Å². The first-order valence-corrected chi connectivity index (χ1v) is 6.64. The average Bonchev–Trinajstić information content (AvgIpc) is 2.91. The van der Waals surface area contributed by atoms with Gasteiger partial charge in [-0.05, 0) is 18.2 Å². The maximum absolute atomic E-state index is 12.1. The fourth-order valence-electron chi connectivity index (χ4n) is 1.81. The Bertz CT molecular complexity index is 680. The average molecular weight is 283 g/mol. The molecule has 0 aliphatic rings. The van der Waals surface area contributed by atoms with Crippen LogP contribution in [-0.2, 0) is 13.6 Å². The van der Waals surface area contributed by atoms with Crippen molar-refractivity contribution >= 4 is 5.91 Å². The summed E-state index contributed by atoms with van der Waals surface area (Å²) in [4.78, 5) is 12.1. The predicted octanol–water partition coefficient (Wildman–Crippen LogP) is 1.08. The Labute approximate surface area is 123 Å². The number of aliphatic hydroxyl groups excluding tert-OH is 1. The van der Waals surface area contributed by atoms with Gasteiger partial charge in [-0.15, -0.1) is 0 Å². The lowest BCUT2D eigenvalue weighted by molar-refractivity contribution is 0.0951. The van der Waals surface area contributed by atoms with E-state index in [1.165, 1.54) is 0 Å². The number of carbonyl (C=O) groups excluding carboxylic acids is 1. The predicted molar refractivity (Wildman–Crippen MR) is 79.4 cm³/mol. The van der Waals surface area contributed by atoms with Crippen molar-refractivity contribution in [3.8, 4) is 11.8 Å². The lowest BCUT2D eigenvalue weighted by Gasteiger charge is -2.04. The van der Waals surface area contributed by atoms with E-state index in [9.17, 15) is 4.79 Å². The first-order valence-electron chi connectivity index (χ1n) is 6.64. The molecule has 1 aromatic carbocycles. The number of hydrogen-bond acceptors (Lipinski definition) is 3. The van der Waals surface area contributed by atoms with Gasteiger partial charge in [-0.3, -0.25) is 9.48 Å². The number of nitrogens with one attached hydrogen (secondary N) is 1. The van der Waals surface area contributed by atoms with E-state index in [2.05, 4.69) is 22.3 Å². The van der Waals surface area contributed by atoms with Gasteiger partial charge in [0.1, 0.15) is 0 Å². The van der Waals surface area contributed by atoms with Crippen LogP contribution in [0.15, 0.2) is 36.7 Å². The Morgan fingerprint density at radius 2 is 2.33 bits per heavy atom. The van der Waals surface area contributed by atoms with Crippen LogP contribution in [0, 0.1) is 11.8 Å². The van der Waals surface area contributed by atoms with Crippen molar-refractivity contribution in [2.24, 2.45) is 7.05 Å². The normalized spacial score (nSPS) is 9.81. The zero-order valence-corrected chi connectivity index (χ0v) is 11.8. The van der Waals surface area contributed by atoms with Crippen molar-refractivity contribution in [1.82, 2.24) is 15.1 Å². The summed E-state index contributed by atoms with van der Waals surface area (Å²) in [7, 11) is 1.83. The van der Waals surface area contributed by atoms with Crippen LogP contribution in [0.4, 0.5) is 0 Å². The molecule has 21 heavy (non-hydrogen) atoms. The van der Waals surface area contributed by atoms with Crippen LogP contribution >= 0.6 is 0 Å². The SMILES string of the molecule is Cn1cc(CNC(=O)c2cccc(C#CCCO)c2)cn1. The van der Waals surface area contributed by atoms with Gasteiger partial charge in [0.15, 0.2) is 0 Å². The third-order valence-electron chi connectivity index (χ3n) is 2.81. The summed E-state index contributed by atoms with van der Waals surface area (Å²) in [6, 6.07) is 7.11. The van der Waals surface area contributed by atoms with Crippen LogP contribution in [0.1, 0.15) is 27.9 Å². The van der Waals surface area contributed by atoms with Crippen molar-refractivity contribution in [3.05, 3.63) is 53.3 Å². The molecule has 2 rings (SSSR count). The smallest absolute Gasteiger partial charge is 0.251 e. The third kappa shape index (κ3) is 4.48. The standard InChI is InChI=1S/C16H17N3O2/c1-19-12-14(11-18-19)10-17-16(21)15-7-4-6-13(9-15)5-2-3-8-20/h4,6-7,9,11-12,20H,3,8,10H2,1H3,(H,17,21). The Balaban J connectivity index is 1.99. The lowest BCUT2D eigenvalue weighted by atomic mass is 10.1. The second-order valence-corrected chi connectivity index (χ2v) is 4.56. The Morgan fingerprint density at radius 1 is 1.48 bits per heavy atom. The number of aliphatic hydroxyl groups is 1. The topological polar surface area (TPSA) is 67.2 Å². The van der Waals surface area contributed by atoms with Crippen molar-refractivity contribution in [2.75, 3.05) is 6.61 Å². The fourth-order valence-corrected chi connectivity index (χ4v) is 1.81. The first-order chi connectivity index (χ1) is 10.2. The van der Waals surface area contributed by atoms with E-state index in [0.717, 1.165) is 11.1 Å². The molecule has 108 valence electrons. The first kappa shape index (κ1) is 14.8. The number of amides is 1. The minimum Gasteiger partial charge on any atom is -0.395 e. The second kappa shape index (κ2) is 7.27. The molecule has 2 N–H and O–H groups in total. The molecule has 1 heterocycles. The summed E-state index contributed by atoms with van der Waals surface area (Å²) in [5.41, 5.74) is 2.27. The van der Waals surface area contributed by atoms with E-state index in [4.69, 9.17) is 5.11 Å². The van der Waals surface area contributed by atoms with Crippen LogP contribution in [0.5, 0.6) is 0 Å². The molecule has 0 saturated carbocycles. The number of benzene rings is 1. The van der Waals surface area contributed by atoms with Gasteiger partial charge in [-0.2, -0.15) is 5.10 Å². The molecule has 0 unspecified atom stereocenters. The molecule has 0 bridgehead atoms. The van der Waals surface area contributed by atoms with Gasteiger partial charge < -0.3 is 10.4 Å². The molecule has 0 aliphatic heterocycles. The molecule has 0 aliphatic carbocycles. The molecule has 5 heteroatoms. The van der Waals surface area contributed by atoms with E-state index in [-0.39, 0.29) is 12.5 Å². The Hall–Kier alpha value is -2.58.